The predicted molar refractivity (Wildman–Crippen MR) is 82.6 cm³/mol. The van der Waals surface area contributed by atoms with Gasteiger partial charge in [0.15, 0.2) is 0 Å². The van der Waals surface area contributed by atoms with Crippen molar-refractivity contribution in [2.24, 2.45) is 0 Å². The molecular formula is C17H15ClO4. The second kappa shape index (κ2) is 5.89. The Hall–Kier alpha value is -2.20. The number of ether oxygens (including phenoxy) is 2. The third-order valence-corrected chi connectivity index (χ3v) is 4.12. The highest BCUT2D eigenvalue weighted by atomic mass is 35.5. The molecule has 2 aromatic rings. The summed E-state index contributed by atoms with van der Waals surface area (Å²) in [6, 6.07) is 10.2. The average molecular weight is 319 g/mol. The van der Waals surface area contributed by atoms with E-state index in [9.17, 15) is 9.90 Å². The second-order valence-corrected chi connectivity index (χ2v) is 5.53. The van der Waals surface area contributed by atoms with Crippen molar-refractivity contribution in [3.63, 3.8) is 0 Å². The number of rotatable bonds is 2. The molecule has 0 amide bonds. The van der Waals surface area contributed by atoms with E-state index in [0.29, 0.717) is 29.2 Å². The number of benzene rings is 2. The summed E-state index contributed by atoms with van der Waals surface area (Å²) in [6.45, 7) is 0. The van der Waals surface area contributed by atoms with Crippen LogP contribution in [0.5, 0.6) is 11.5 Å². The summed E-state index contributed by atoms with van der Waals surface area (Å²) in [7, 11) is 1.37. The molecule has 0 spiro atoms. The lowest BCUT2D eigenvalue weighted by atomic mass is 9.94. The molecule has 114 valence electrons. The van der Waals surface area contributed by atoms with Crippen LogP contribution < -0.4 is 4.74 Å². The summed E-state index contributed by atoms with van der Waals surface area (Å²) in [6.07, 6.45) is 1.20. The Labute approximate surface area is 133 Å². The minimum atomic E-state index is -0.360. The largest absolute Gasteiger partial charge is 0.508 e. The van der Waals surface area contributed by atoms with Crippen LogP contribution in [0.2, 0.25) is 5.02 Å². The number of carbonyl (C=O) groups is 1. The van der Waals surface area contributed by atoms with E-state index in [1.807, 2.05) is 6.07 Å². The van der Waals surface area contributed by atoms with Crippen LogP contribution in [-0.4, -0.2) is 18.2 Å². The number of aromatic hydroxyl groups is 1. The molecule has 0 aromatic heterocycles. The van der Waals surface area contributed by atoms with Crippen LogP contribution in [0.1, 0.15) is 34.0 Å². The summed E-state index contributed by atoms with van der Waals surface area (Å²) >= 11 is 6.18. The van der Waals surface area contributed by atoms with Gasteiger partial charge in [-0.3, -0.25) is 0 Å². The van der Waals surface area contributed by atoms with Crippen molar-refractivity contribution in [1.82, 2.24) is 0 Å². The van der Waals surface area contributed by atoms with Gasteiger partial charge in [0.25, 0.3) is 0 Å². The Kier molecular flexibility index (Phi) is 3.94. The van der Waals surface area contributed by atoms with Crippen LogP contribution >= 0.6 is 11.6 Å². The van der Waals surface area contributed by atoms with E-state index in [-0.39, 0.29) is 17.8 Å². The molecule has 0 radical (unpaired) electrons. The van der Waals surface area contributed by atoms with Gasteiger partial charge in [-0.05, 0) is 37.1 Å². The molecule has 0 saturated carbocycles. The number of carbonyl (C=O) groups excluding carboxylic acids is 1. The summed E-state index contributed by atoms with van der Waals surface area (Å²) in [5.41, 5.74) is 2.23. The fraction of sp³-hybridized carbons (Fsp3) is 0.235. The van der Waals surface area contributed by atoms with E-state index in [1.54, 1.807) is 24.3 Å². The van der Waals surface area contributed by atoms with Crippen LogP contribution in [0.3, 0.4) is 0 Å². The number of halogens is 1. The standard InChI is InChI=1S/C17H15ClO4/c1-21-17(20)12-3-2-4-15-11(12)7-8-16(22-15)13-6-5-10(19)9-14(13)18/h2-6,9,16,19H,7-8H2,1H3. The van der Waals surface area contributed by atoms with E-state index in [4.69, 9.17) is 21.1 Å². The zero-order chi connectivity index (χ0) is 15.7. The van der Waals surface area contributed by atoms with Crippen molar-refractivity contribution in [1.29, 1.82) is 0 Å². The number of fused-ring (bicyclic) bond motifs is 1. The van der Waals surface area contributed by atoms with Crippen molar-refractivity contribution >= 4 is 17.6 Å². The topological polar surface area (TPSA) is 55.8 Å². The molecule has 1 N–H and O–H groups in total. The zero-order valence-electron chi connectivity index (χ0n) is 12.0. The Morgan fingerprint density at radius 3 is 2.91 bits per heavy atom. The minimum Gasteiger partial charge on any atom is -0.508 e. The molecule has 1 heterocycles. The van der Waals surface area contributed by atoms with Crippen LogP contribution in [0.25, 0.3) is 0 Å². The van der Waals surface area contributed by atoms with Gasteiger partial charge in [-0.2, -0.15) is 0 Å². The zero-order valence-corrected chi connectivity index (χ0v) is 12.8. The molecule has 2 aromatic carbocycles. The van der Waals surface area contributed by atoms with Crippen LogP contribution in [0.15, 0.2) is 36.4 Å². The van der Waals surface area contributed by atoms with Gasteiger partial charge in [-0.1, -0.05) is 23.7 Å². The monoisotopic (exact) mass is 318 g/mol. The first-order valence-electron chi connectivity index (χ1n) is 6.95. The maximum atomic E-state index is 11.8. The lowest BCUT2D eigenvalue weighted by Crippen LogP contribution is -2.18. The van der Waals surface area contributed by atoms with Gasteiger partial charge in [0, 0.05) is 11.1 Å². The highest BCUT2D eigenvalue weighted by molar-refractivity contribution is 6.31. The third-order valence-electron chi connectivity index (χ3n) is 3.80. The molecule has 0 fully saturated rings. The maximum absolute atomic E-state index is 11.8. The first kappa shape index (κ1) is 14.7. The van der Waals surface area contributed by atoms with E-state index in [2.05, 4.69) is 0 Å². The van der Waals surface area contributed by atoms with Crippen molar-refractivity contribution < 1.29 is 19.4 Å². The molecule has 1 aliphatic rings. The SMILES string of the molecule is COC(=O)c1cccc2c1CCC(c1ccc(O)cc1Cl)O2. The van der Waals surface area contributed by atoms with Crippen LogP contribution in [-0.2, 0) is 11.2 Å². The van der Waals surface area contributed by atoms with Crippen molar-refractivity contribution in [2.45, 2.75) is 18.9 Å². The fourth-order valence-corrected chi connectivity index (χ4v) is 3.02. The van der Waals surface area contributed by atoms with Gasteiger partial charge in [0.1, 0.15) is 17.6 Å². The van der Waals surface area contributed by atoms with E-state index < -0.39 is 0 Å². The summed E-state index contributed by atoms with van der Waals surface area (Å²) in [5, 5.41) is 9.91. The van der Waals surface area contributed by atoms with Gasteiger partial charge in [-0.15, -0.1) is 0 Å². The van der Waals surface area contributed by atoms with Crippen molar-refractivity contribution in [2.75, 3.05) is 7.11 Å². The van der Waals surface area contributed by atoms with E-state index in [1.165, 1.54) is 13.2 Å². The summed E-state index contributed by atoms with van der Waals surface area (Å²) in [4.78, 5) is 11.8. The predicted octanol–water partition coefficient (Wildman–Crippen LogP) is 3.90. The summed E-state index contributed by atoms with van der Waals surface area (Å²) < 4.78 is 10.8. The van der Waals surface area contributed by atoms with Gasteiger partial charge in [0.05, 0.1) is 17.7 Å². The quantitative estimate of drug-likeness (QED) is 0.853. The molecule has 0 bridgehead atoms. The van der Waals surface area contributed by atoms with Crippen molar-refractivity contribution in [3.8, 4) is 11.5 Å². The highest BCUT2D eigenvalue weighted by Crippen LogP contribution is 2.39. The average Bonchev–Trinajstić information content (AvgIpc) is 2.53. The Morgan fingerprint density at radius 2 is 2.18 bits per heavy atom. The number of esters is 1. The van der Waals surface area contributed by atoms with Gasteiger partial charge in [-0.25, -0.2) is 4.79 Å². The number of hydrogen-bond acceptors (Lipinski definition) is 4. The Balaban J connectivity index is 1.93. The van der Waals surface area contributed by atoms with Crippen LogP contribution in [0.4, 0.5) is 0 Å². The van der Waals surface area contributed by atoms with E-state index >= 15 is 0 Å². The van der Waals surface area contributed by atoms with Gasteiger partial charge >= 0.3 is 5.97 Å². The first-order chi connectivity index (χ1) is 10.6. The smallest absolute Gasteiger partial charge is 0.338 e. The lowest BCUT2D eigenvalue weighted by Gasteiger charge is -2.28. The lowest BCUT2D eigenvalue weighted by molar-refractivity contribution is 0.0596. The molecule has 4 nitrogen and oxygen atoms in total. The summed E-state index contributed by atoms with van der Waals surface area (Å²) in [5.74, 6) is 0.433. The van der Waals surface area contributed by atoms with Crippen LogP contribution in [0, 0.1) is 0 Å². The molecule has 1 atom stereocenters. The highest BCUT2D eigenvalue weighted by Gasteiger charge is 2.26. The maximum Gasteiger partial charge on any atom is 0.338 e. The van der Waals surface area contributed by atoms with Crippen molar-refractivity contribution in [3.05, 3.63) is 58.1 Å². The first-order valence-corrected chi connectivity index (χ1v) is 7.33. The molecule has 0 saturated heterocycles. The Morgan fingerprint density at radius 1 is 1.36 bits per heavy atom. The second-order valence-electron chi connectivity index (χ2n) is 5.12. The Bertz CT molecular complexity index is 727. The fourth-order valence-electron chi connectivity index (χ4n) is 2.72. The molecule has 1 aliphatic heterocycles. The normalized spacial score (nSPS) is 16.5. The number of hydrogen-bond donors (Lipinski definition) is 1. The molecule has 5 heteroatoms. The molecular weight excluding hydrogens is 304 g/mol. The third kappa shape index (κ3) is 2.62. The number of methoxy groups -OCH3 is 1. The van der Waals surface area contributed by atoms with E-state index in [0.717, 1.165) is 11.1 Å². The van der Waals surface area contributed by atoms with Gasteiger partial charge < -0.3 is 14.6 Å². The molecule has 1 unspecified atom stereocenters. The minimum absolute atomic E-state index is 0.123. The molecule has 22 heavy (non-hydrogen) atoms. The number of phenolic OH excluding ortho intramolecular Hbond substituents is 1. The van der Waals surface area contributed by atoms with Gasteiger partial charge in [0.2, 0.25) is 0 Å². The molecule has 0 aliphatic carbocycles. The molecule has 3 rings (SSSR count). The number of phenols is 1.